The smallest absolute Gasteiger partial charge is 0.222 e. The number of aryl methyl sites for hydroxylation is 2. The summed E-state index contributed by atoms with van der Waals surface area (Å²) in [5.74, 6) is 2.55. The van der Waals surface area contributed by atoms with Crippen LogP contribution in [0.2, 0.25) is 0 Å². The van der Waals surface area contributed by atoms with E-state index in [0.717, 1.165) is 63.6 Å². The Kier molecular flexibility index (Phi) is 4.76. The second-order valence-electron chi connectivity index (χ2n) is 6.55. The zero-order valence-electron chi connectivity index (χ0n) is 13.6. The Morgan fingerprint density at radius 1 is 1.27 bits per heavy atom. The Balaban J connectivity index is 1.60. The van der Waals surface area contributed by atoms with Crippen LogP contribution in [0.5, 0.6) is 0 Å². The molecule has 22 heavy (non-hydrogen) atoms. The summed E-state index contributed by atoms with van der Waals surface area (Å²) in [7, 11) is 0. The maximum absolute atomic E-state index is 12.6. The Morgan fingerprint density at radius 3 is 2.73 bits per heavy atom. The minimum Gasteiger partial charge on any atom is -0.381 e. The third kappa shape index (κ3) is 3.48. The molecule has 0 aliphatic carbocycles. The van der Waals surface area contributed by atoms with Crippen molar-refractivity contribution in [3.05, 3.63) is 11.6 Å². The average Bonchev–Trinajstić information content (AvgIpc) is 2.87. The molecular formula is C16H26N4O2. The molecule has 1 amide bonds. The van der Waals surface area contributed by atoms with Crippen LogP contribution < -0.4 is 0 Å². The van der Waals surface area contributed by atoms with Gasteiger partial charge in [0.25, 0.3) is 0 Å². The number of aromatic nitrogens is 3. The molecule has 0 spiro atoms. The molecule has 1 aromatic rings. The molecule has 2 saturated heterocycles. The first-order valence-corrected chi connectivity index (χ1v) is 8.38. The molecule has 1 atom stereocenters. The molecule has 122 valence electrons. The highest BCUT2D eigenvalue weighted by atomic mass is 16.5. The van der Waals surface area contributed by atoms with Gasteiger partial charge in [-0.05, 0) is 45.4 Å². The van der Waals surface area contributed by atoms with Gasteiger partial charge in [0, 0.05) is 32.7 Å². The summed E-state index contributed by atoms with van der Waals surface area (Å²) < 4.78 is 7.38. The Hall–Kier alpha value is -1.43. The van der Waals surface area contributed by atoms with Crippen LogP contribution >= 0.6 is 0 Å². The molecule has 0 aromatic carbocycles. The molecule has 0 N–H and O–H groups in total. The molecule has 6 heteroatoms. The van der Waals surface area contributed by atoms with Crippen LogP contribution in [0.1, 0.15) is 49.8 Å². The summed E-state index contributed by atoms with van der Waals surface area (Å²) in [4.78, 5) is 19.0. The molecule has 6 nitrogen and oxygen atoms in total. The van der Waals surface area contributed by atoms with E-state index in [1.807, 2.05) is 23.4 Å². The molecule has 0 unspecified atom stereocenters. The van der Waals surface area contributed by atoms with Gasteiger partial charge < -0.3 is 9.64 Å². The van der Waals surface area contributed by atoms with Crippen molar-refractivity contribution in [1.82, 2.24) is 19.7 Å². The van der Waals surface area contributed by atoms with Crippen LogP contribution in [-0.4, -0.2) is 51.9 Å². The van der Waals surface area contributed by atoms with Gasteiger partial charge in [0.05, 0.1) is 6.04 Å². The van der Waals surface area contributed by atoms with E-state index < -0.39 is 0 Å². The quantitative estimate of drug-likeness (QED) is 0.855. The number of hydrogen-bond acceptors (Lipinski definition) is 4. The Morgan fingerprint density at radius 2 is 2.05 bits per heavy atom. The van der Waals surface area contributed by atoms with E-state index in [4.69, 9.17) is 4.74 Å². The number of carbonyl (C=O) groups is 1. The average molecular weight is 306 g/mol. The highest BCUT2D eigenvalue weighted by molar-refractivity contribution is 5.76. The van der Waals surface area contributed by atoms with Gasteiger partial charge in [-0.2, -0.15) is 5.10 Å². The number of carbonyl (C=O) groups excluding carboxylic acids is 1. The summed E-state index contributed by atoms with van der Waals surface area (Å²) in [5, 5.41) is 4.49. The van der Waals surface area contributed by atoms with Crippen LogP contribution in [0.3, 0.4) is 0 Å². The van der Waals surface area contributed by atoms with E-state index in [9.17, 15) is 4.79 Å². The minimum atomic E-state index is 0.272. The van der Waals surface area contributed by atoms with Gasteiger partial charge in [-0.1, -0.05) is 0 Å². The first-order valence-electron chi connectivity index (χ1n) is 8.38. The summed E-state index contributed by atoms with van der Waals surface area (Å²) in [5.41, 5.74) is 0. The lowest BCUT2D eigenvalue weighted by Crippen LogP contribution is -2.42. The highest BCUT2D eigenvalue weighted by Gasteiger charge is 2.28. The molecule has 0 saturated carbocycles. The topological polar surface area (TPSA) is 60.2 Å². The molecule has 3 heterocycles. The summed E-state index contributed by atoms with van der Waals surface area (Å²) >= 11 is 0. The summed E-state index contributed by atoms with van der Waals surface area (Å²) in [6.45, 7) is 7.16. The lowest BCUT2D eigenvalue weighted by Gasteiger charge is -2.34. The maximum atomic E-state index is 12.6. The van der Waals surface area contributed by atoms with Gasteiger partial charge >= 0.3 is 0 Å². The van der Waals surface area contributed by atoms with Crippen LogP contribution in [0, 0.1) is 19.8 Å². The van der Waals surface area contributed by atoms with E-state index in [-0.39, 0.29) is 6.04 Å². The zero-order chi connectivity index (χ0) is 15.5. The molecule has 0 radical (unpaired) electrons. The van der Waals surface area contributed by atoms with Crippen molar-refractivity contribution in [3.8, 4) is 0 Å². The number of likely N-dealkylation sites (tertiary alicyclic amines) is 1. The first kappa shape index (κ1) is 15.5. The van der Waals surface area contributed by atoms with Gasteiger partial charge in [-0.15, -0.1) is 0 Å². The van der Waals surface area contributed by atoms with Crippen LogP contribution in [-0.2, 0) is 9.53 Å². The Bertz CT molecular complexity index is 522. The van der Waals surface area contributed by atoms with Crippen molar-refractivity contribution in [2.24, 2.45) is 5.92 Å². The van der Waals surface area contributed by atoms with Crippen molar-refractivity contribution >= 4 is 5.91 Å². The van der Waals surface area contributed by atoms with Crippen LogP contribution in [0.25, 0.3) is 0 Å². The van der Waals surface area contributed by atoms with E-state index >= 15 is 0 Å². The normalized spacial score (nSPS) is 23.7. The predicted octanol–water partition coefficient (Wildman–Crippen LogP) is 1.88. The molecular weight excluding hydrogens is 280 g/mol. The van der Waals surface area contributed by atoms with Crippen LogP contribution in [0.4, 0.5) is 0 Å². The fraction of sp³-hybridized carbons (Fsp3) is 0.812. The van der Waals surface area contributed by atoms with Crippen molar-refractivity contribution in [3.63, 3.8) is 0 Å². The minimum absolute atomic E-state index is 0.272. The lowest BCUT2D eigenvalue weighted by molar-refractivity contribution is -0.134. The summed E-state index contributed by atoms with van der Waals surface area (Å²) in [6, 6.07) is 0.272. The fourth-order valence-electron chi connectivity index (χ4n) is 3.59. The maximum Gasteiger partial charge on any atom is 0.222 e. The monoisotopic (exact) mass is 306 g/mol. The fourth-order valence-corrected chi connectivity index (χ4v) is 3.59. The van der Waals surface area contributed by atoms with Gasteiger partial charge in [0.2, 0.25) is 5.91 Å². The number of rotatable bonds is 3. The molecule has 3 rings (SSSR count). The number of piperidine rings is 1. The van der Waals surface area contributed by atoms with Gasteiger partial charge in [-0.25, -0.2) is 9.67 Å². The second-order valence-corrected chi connectivity index (χ2v) is 6.55. The van der Waals surface area contributed by atoms with Crippen molar-refractivity contribution in [2.45, 2.75) is 52.0 Å². The standard InChI is InChI=1S/C16H26N4O2/c1-12-17-13(2)20(18-12)15-4-3-7-19(11-15)16(21)10-14-5-8-22-9-6-14/h14-15H,3-11H2,1-2H3/t15-/m1/s1. The third-order valence-electron chi connectivity index (χ3n) is 4.81. The largest absolute Gasteiger partial charge is 0.381 e. The van der Waals surface area contributed by atoms with Crippen molar-refractivity contribution in [1.29, 1.82) is 0 Å². The van der Waals surface area contributed by atoms with Crippen LogP contribution in [0.15, 0.2) is 0 Å². The summed E-state index contributed by atoms with van der Waals surface area (Å²) in [6.07, 6.45) is 4.83. The number of hydrogen-bond donors (Lipinski definition) is 0. The Labute approximate surface area is 131 Å². The number of amides is 1. The van der Waals surface area contributed by atoms with E-state index in [1.165, 1.54) is 0 Å². The zero-order valence-corrected chi connectivity index (χ0v) is 13.6. The molecule has 1 aromatic heterocycles. The molecule has 0 bridgehead atoms. The molecule has 2 aliphatic rings. The first-order chi connectivity index (χ1) is 10.6. The van der Waals surface area contributed by atoms with E-state index in [2.05, 4.69) is 10.1 Å². The van der Waals surface area contributed by atoms with Crippen molar-refractivity contribution in [2.75, 3.05) is 26.3 Å². The number of nitrogens with zero attached hydrogens (tertiary/aromatic N) is 4. The third-order valence-corrected chi connectivity index (χ3v) is 4.81. The SMILES string of the molecule is Cc1nc(C)n([C@@H]2CCCN(C(=O)CC3CCOCC3)C2)n1. The van der Waals surface area contributed by atoms with Gasteiger partial charge in [-0.3, -0.25) is 4.79 Å². The van der Waals surface area contributed by atoms with Gasteiger partial charge in [0.1, 0.15) is 11.6 Å². The van der Waals surface area contributed by atoms with E-state index in [1.54, 1.807) is 0 Å². The highest BCUT2D eigenvalue weighted by Crippen LogP contribution is 2.25. The predicted molar refractivity (Wildman–Crippen MR) is 82.5 cm³/mol. The number of ether oxygens (including phenoxy) is 1. The lowest BCUT2D eigenvalue weighted by atomic mass is 9.95. The molecule has 2 fully saturated rings. The van der Waals surface area contributed by atoms with E-state index in [0.29, 0.717) is 18.2 Å². The second kappa shape index (κ2) is 6.77. The van der Waals surface area contributed by atoms with Crippen molar-refractivity contribution < 1.29 is 9.53 Å². The van der Waals surface area contributed by atoms with Gasteiger partial charge in [0.15, 0.2) is 0 Å². The molecule has 2 aliphatic heterocycles.